The summed E-state index contributed by atoms with van der Waals surface area (Å²) in [4.78, 5) is 2.36. The van der Waals surface area contributed by atoms with Crippen LogP contribution in [-0.2, 0) is 0 Å². The van der Waals surface area contributed by atoms with E-state index >= 15 is 0 Å². The number of hydrogen-bond donors (Lipinski definition) is 1. The number of nitrogens with zero attached hydrogens (tertiary/aromatic N) is 1. The minimum Gasteiger partial charge on any atom is -0.395 e. The lowest BCUT2D eigenvalue weighted by atomic mass is 10.0. The molecule has 0 saturated carbocycles. The summed E-state index contributed by atoms with van der Waals surface area (Å²) < 4.78 is 0. The zero-order valence-corrected chi connectivity index (χ0v) is 6.71. The Labute approximate surface area is 62.8 Å². The molecule has 2 nitrogen and oxygen atoms in total. The van der Waals surface area contributed by atoms with E-state index in [1.165, 1.54) is 32.4 Å². The van der Waals surface area contributed by atoms with E-state index in [9.17, 15) is 0 Å². The molecule has 60 valence electrons. The molecule has 10 heavy (non-hydrogen) atoms. The van der Waals surface area contributed by atoms with Crippen molar-refractivity contribution in [2.45, 2.75) is 32.2 Å². The van der Waals surface area contributed by atoms with Crippen molar-refractivity contribution in [3.8, 4) is 0 Å². The van der Waals surface area contributed by atoms with Crippen LogP contribution in [0.15, 0.2) is 0 Å². The fraction of sp³-hybridized carbons (Fsp3) is 1.00. The summed E-state index contributed by atoms with van der Waals surface area (Å²) in [7, 11) is 0. The molecular weight excluding hydrogens is 126 g/mol. The first-order valence-corrected chi connectivity index (χ1v) is 4.23. The minimum atomic E-state index is 0.351. The summed E-state index contributed by atoms with van der Waals surface area (Å²) in [6, 6.07) is 0.492. The molecule has 1 aliphatic heterocycles. The van der Waals surface area contributed by atoms with Gasteiger partial charge in [0.15, 0.2) is 0 Å². The van der Waals surface area contributed by atoms with Crippen LogP contribution >= 0.6 is 0 Å². The van der Waals surface area contributed by atoms with Crippen LogP contribution in [0.5, 0.6) is 0 Å². The van der Waals surface area contributed by atoms with Crippen LogP contribution in [-0.4, -0.2) is 35.7 Å². The number of aliphatic hydroxyl groups excluding tert-OH is 1. The SMILES string of the molecule is CCCCN1CC[C@@H]1CO. The monoisotopic (exact) mass is 143 g/mol. The smallest absolute Gasteiger partial charge is 0.0587 e. The summed E-state index contributed by atoms with van der Waals surface area (Å²) in [5.74, 6) is 0. The maximum Gasteiger partial charge on any atom is 0.0587 e. The van der Waals surface area contributed by atoms with E-state index in [-0.39, 0.29) is 0 Å². The molecule has 0 aromatic carbocycles. The Kier molecular flexibility index (Phi) is 3.16. The summed E-state index contributed by atoms with van der Waals surface area (Å²) in [6.45, 7) is 4.93. The van der Waals surface area contributed by atoms with Gasteiger partial charge in [0, 0.05) is 12.6 Å². The fourth-order valence-corrected chi connectivity index (χ4v) is 1.36. The molecule has 0 radical (unpaired) electrons. The zero-order valence-electron chi connectivity index (χ0n) is 6.71. The Bertz CT molecular complexity index is 93.3. The summed E-state index contributed by atoms with van der Waals surface area (Å²) in [5, 5.41) is 8.81. The van der Waals surface area contributed by atoms with Gasteiger partial charge in [-0.1, -0.05) is 13.3 Å². The second-order valence-corrected chi connectivity index (χ2v) is 3.01. The van der Waals surface area contributed by atoms with Crippen molar-refractivity contribution in [2.75, 3.05) is 19.7 Å². The van der Waals surface area contributed by atoms with Gasteiger partial charge in [-0.05, 0) is 19.4 Å². The van der Waals surface area contributed by atoms with Crippen molar-refractivity contribution in [3.05, 3.63) is 0 Å². The third kappa shape index (κ3) is 1.70. The third-order valence-electron chi connectivity index (χ3n) is 2.28. The molecule has 0 amide bonds. The van der Waals surface area contributed by atoms with Crippen molar-refractivity contribution in [1.82, 2.24) is 4.90 Å². The first-order valence-electron chi connectivity index (χ1n) is 4.23. The predicted molar refractivity (Wildman–Crippen MR) is 42.0 cm³/mol. The second-order valence-electron chi connectivity index (χ2n) is 3.01. The van der Waals surface area contributed by atoms with Crippen LogP contribution in [0.1, 0.15) is 26.2 Å². The van der Waals surface area contributed by atoms with Gasteiger partial charge in [-0.3, -0.25) is 4.90 Å². The first-order chi connectivity index (χ1) is 4.88. The predicted octanol–water partition coefficient (Wildman–Crippen LogP) is 0.853. The van der Waals surface area contributed by atoms with Crippen molar-refractivity contribution >= 4 is 0 Å². The van der Waals surface area contributed by atoms with E-state index in [1.54, 1.807) is 0 Å². The molecule has 1 saturated heterocycles. The van der Waals surface area contributed by atoms with Crippen molar-refractivity contribution in [2.24, 2.45) is 0 Å². The maximum absolute atomic E-state index is 8.81. The Morgan fingerprint density at radius 1 is 1.60 bits per heavy atom. The molecule has 0 aromatic rings. The minimum absolute atomic E-state index is 0.351. The molecular formula is C8H17NO. The molecule has 1 N–H and O–H groups in total. The molecule has 0 spiro atoms. The maximum atomic E-state index is 8.81. The van der Waals surface area contributed by atoms with Gasteiger partial charge >= 0.3 is 0 Å². The van der Waals surface area contributed by atoms with Gasteiger partial charge in [0.25, 0.3) is 0 Å². The Morgan fingerprint density at radius 2 is 2.40 bits per heavy atom. The summed E-state index contributed by atoms with van der Waals surface area (Å²) in [6.07, 6.45) is 3.73. The summed E-state index contributed by atoms with van der Waals surface area (Å²) in [5.41, 5.74) is 0. The number of unbranched alkanes of at least 4 members (excludes halogenated alkanes) is 1. The number of likely N-dealkylation sites (tertiary alicyclic amines) is 1. The molecule has 0 unspecified atom stereocenters. The first kappa shape index (κ1) is 8.02. The molecule has 1 rings (SSSR count). The van der Waals surface area contributed by atoms with Crippen LogP contribution in [0.4, 0.5) is 0 Å². The molecule has 2 heteroatoms. The van der Waals surface area contributed by atoms with Gasteiger partial charge in [-0.15, -0.1) is 0 Å². The lowest BCUT2D eigenvalue weighted by Crippen LogP contribution is -2.49. The van der Waals surface area contributed by atoms with E-state index in [1.807, 2.05) is 0 Å². The van der Waals surface area contributed by atoms with Crippen LogP contribution in [0.25, 0.3) is 0 Å². The molecule has 1 fully saturated rings. The van der Waals surface area contributed by atoms with Gasteiger partial charge in [-0.25, -0.2) is 0 Å². The zero-order chi connectivity index (χ0) is 7.40. The molecule has 0 aliphatic carbocycles. The van der Waals surface area contributed by atoms with Crippen LogP contribution in [0, 0.1) is 0 Å². The van der Waals surface area contributed by atoms with Crippen molar-refractivity contribution < 1.29 is 5.11 Å². The lowest BCUT2D eigenvalue weighted by Gasteiger charge is -2.39. The van der Waals surface area contributed by atoms with E-state index in [2.05, 4.69) is 11.8 Å². The highest BCUT2D eigenvalue weighted by Crippen LogP contribution is 2.16. The van der Waals surface area contributed by atoms with Crippen LogP contribution in [0.2, 0.25) is 0 Å². The van der Waals surface area contributed by atoms with Crippen LogP contribution < -0.4 is 0 Å². The molecule has 0 aromatic heterocycles. The number of aliphatic hydroxyl groups is 1. The van der Waals surface area contributed by atoms with E-state index < -0.39 is 0 Å². The average Bonchev–Trinajstić information content (AvgIpc) is 1.88. The topological polar surface area (TPSA) is 23.5 Å². The van der Waals surface area contributed by atoms with Gasteiger partial charge in [0.1, 0.15) is 0 Å². The van der Waals surface area contributed by atoms with E-state index in [0.29, 0.717) is 12.6 Å². The van der Waals surface area contributed by atoms with Gasteiger partial charge in [0.05, 0.1) is 6.61 Å². The highest BCUT2D eigenvalue weighted by molar-refractivity contribution is 4.81. The van der Waals surface area contributed by atoms with Crippen molar-refractivity contribution in [1.29, 1.82) is 0 Å². The number of hydrogen-bond acceptors (Lipinski definition) is 2. The Hall–Kier alpha value is -0.0800. The van der Waals surface area contributed by atoms with Gasteiger partial charge in [0.2, 0.25) is 0 Å². The van der Waals surface area contributed by atoms with Gasteiger partial charge in [-0.2, -0.15) is 0 Å². The second kappa shape index (κ2) is 3.94. The van der Waals surface area contributed by atoms with E-state index in [4.69, 9.17) is 5.11 Å². The largest absolute Gasteiger partial charge is 0.395 e. The standard InChI is InChI=1S/C8H17NO/c1-2-3-5-9-6-4-8(9)7-10/h8,10H,2-7H2,1H3/t8-/m1/s1. The molecule has 1 heterocycles. The normalized spacial score (nSPS) is 26.4. The van der Waals surface area contributed by atoms with E-state index in [0.717, 1.165) is 0 Å². The average molecular weight is 143 g/mol. The fourth-order valence-electron chi connectivity index (χ4n) is 1.36. The molecule has 1 atom stereocenters. The molecule has 0 bridgehead atoms. The lowest BCUT2D eigenvalue weighted by molar-refractivity contribution is 0.0415. The molecule has 1 aliphatic rings. The summed E-state index contributed by atoms with van der Waals surface area (Å²) >= 11 is 0. The third-order valence-corrected chi connectivity index (χ3v) is 2.28. The Morgan fingerprint density at radius 3 is 2.80 bits per heavy atom. The Balaban J connectivity index is 2.05. The number of rotatable bonds is 4. The van der Waals surface area contributed by atoms with Crippen molar-refractivity contribution in [3.63, 3.8) is 0 Å². The highest BCUT2D eigenvalue weighted by atomic mass is 16.3. The highest BCUT2D eigenvalue weighted by Gasteiger charge is 2.25. The van der Waals surface area contributed by atoms with Gasteiger partial charge < -0.3 is 5.11 Å². The van der Waals surface area contributed by atoms with Crippen LogP contribution in [0.3, 0.4) is 0 Å². The quantitative estimate of drug-likeness (QED) is 0.630.